The summed E-state index contributed by atoms with van der Waals surface area (Å²) in [6.07, 6.45) is 2.84. The minimum atomic E-state index is -0.428. The van der Waals surface area contributed by atoms with Gasteiger partial charge in [-0.3, -0.25) is 9.89 Å². The van der Waals surface area contributed by atoms with Gasteiger partial charge in [0, 0.05) is 0 Å². The highest BCUT2D eigenvalue weighted by Gasteiger charge is 2.10. The molecule has 2 heterocycles. The Labute approximate surface area is 108 Å². The van der Waals surface area contributed by atoms with Gasteiger partial charge in [-0.15, -0.1) is 11.3 Å². The van der Waals surface area contributed by atoms with Gasteiger partial charge in [0.2, 0.25) is 0 Å². The van der Waals surface area contributed by atoms with Gasteiger partial charge in [-0.05, 0) is 28.1 Å². The van der Waals surface area contributed by atoms with Crippen LogP contribution in [-0.2, 0) is 0 Å². The first-order chi connectivity index (χ1) is 8.16. The standard InChI is InChI=1S/C9H6BrFN4OS/c10-6-4-13-14-8(6)9(16)15-12-3-5-1-2-7(11)17-5/h1-4H,(H,13,14)(H,15,16). The van der Waals surface area contributed by atoms with Gasteiger partial charge in [-0.2, -0.15) is 14.6 Å². The maximum atomic E-state index is 12.6. The molecule has 0 bridgehead atoms. The predicted molar refractivity (Wildman–Crippen MR) is 65.6 cm³/mol. The number of hydrogen-bond donors (Lipinski definition) is 2. The highest BCUT2D eigenvalue weighted by Crippen LogP contribution is 2.13. The smallest absolute Gasteiger partial charge is 0.272 e. The Hall–Kier alpha value is -1.54. The maximum absolute atomic E-state index is 12.6. The Morgan fingerprint density at radius 1 is 1.65 bits per heavy atom. The van der Waals surface area contributed by atoms with E-state index in [1.165, 1.54) is 18.5 Å². The summed E-state index contributed by atoms with van der Waals surface area (Å²) in [5.41, 5.74) is 2.57. The molecule has 17 heavy (non-hydrogen) atoms. The third-order valence-electron chi connectivity index (χ3n) is 1.77. The van der Waals surface area contributed by atoms with Crippen LogP contribution in [0.1, 0.15) is 15.4 Å². The first-order valence-corrected chi connectivity index (χ1v) is 6.05. The molecule has 0 saturated carbocycles. The Morgan fingerprint density at radius 3 is 3.06 bits per heavy atom. The van der Waals surface area contributed by atoms with Crippen LogP contribution in [0.25, 0.3) is 0 Å². The number of nitrogens with one attached hydrogen (secondary N) is 2. The van der Waals surface area contributed by atoms with Gasteiger partial charge < -0.3 is 0 Å². The zero-order valence-corrected chi connectivity index (χ0v) is 10.7. The van der Waals surface area contributed by atoms with Crippen LogP contribution in [0.5, 0.6) is 0 Å². The van der Waals surface area contributed by atoms with E-state index in [-0.39, 0.29) is 10.8 Å². The lowest BCUT2D eigenvalue weighted by Crippen LogP contribution is -2.18. The van der Waals surface area contributed by atoms with Crippen LogP contribution in [0.4, 0.5) is 4.39 Å². The second-order valence-electron chi connectivity index (χ2n) is 2.93. The van der Waals surface area contributed by atoms with Gasteiger partial charge in [0.15, 0.2) is 5.13 Å². The summed E-state index contributed by atoms with van der Waals surface area (Å²) < 4.78 is 13.2. The van der Waals surface area contributed by atoms with E-state index in [9.17, 15) is 9.18 Å². The molecule has 88 valence electrons. The molecule has 0 radical (unpaired) electrons. The first-order valence-electron chi connectivity index (χ1n) is 4.44. The summed E-state index contributed by atoms with van der Waals surface area (Å²) in [7, 11) is 0. The van der Waals surface area contributed by atoms with Crippen LogP contribution in [0.2, 0.25) is 0 Å². The highest BCUT2D eigenvalue weighted by atomic mass is 79.9. The molecule has 5 nitrogen and oxygen atoms in total. The van der Waals surface area contributed by atoms with Crippen molar-refractivity contribution in [2.45, 2.75) is 0 Å². The van der Waals surface area contributed by atoms with E-state index in [4.69, 9.17) is 0 Å². The number of thiophene rings is 1. The fourth-order valence-corrected chi connectivity index (χ4v) is 2.01. The average molecular weight is 317 g/mol. The number of hydrogen-bond acceptors (Lipinski definition) is 4. The number of carbonyl (C=O) groups excluding carboxylic acids is 1. The number of carbonyl (C=O) groups is 1. The summed E-state index contributed by atoms with van der Waals surface area (Å²) in [5.74, 6) is -0.428. The SMILES string of the molecule is O=C(NN=Cc1ccc(F)s1)c1[nH]ncc1Br. The molecular weight excluding hydrogens is 311 g/mol. The normalized spacial score (nSPS) is 10.9. The second kappa shape index (κ2) is 5.19. The topological polar surface area (TPSA) is 70.1 Å². The van der Waals surface area contributed by atoms with E-state index in [1.807, 2.05) is 0 Å². The monoisotopic (exact) mass is 316 g/mol. The third-order valence-corrected chi connectivity index (χ3v) is 3.18. The largest absolute Gasteiger partial charge is 0.290 e. The van der Waals surface area contributed by atoms with Crippen molar-refractivity contribution in [1.29, 1.82) is 0 Å². The maximum Gasteiger partial charge on any atom is 0.290 e. The van der Waals surface area contributed by atoms with Crippen molar-refractivity contribution in [3.05, 3.63) is 38.5 Å². The lowest BCUT2D eigenvalue weighted by atomic mass is 10.4. The molecule has 8 heteroatoms. The van der Waals surface area contributed by atoms with Gasteiger partial charge >= 0.3 is 0 Å². The van der Waals surface area contributed by atoms with Crippen LogP contribution in [0, 0.1) is 5.13 Å². The van der Waals surface area contributed by atoms with Crippen molar-refractivity contribution in [3.63, 3.8) is 0 Å². The van der Waals surface area contributed by atoms with E-state index >= 15 is 0 Å². The van der Waals surface area contributed by atoms with Gasteiger partial charge in [0.25, 0.3) is 5.91 Å². The number of amides is 1. The molecule has 0 spiro atoms. The molecule has 2 rings (SSSR count). The molecule has 1 amide bonds. The quantitative estimate of drug-likeness (QED) is 0.672. The molecule has 0 aliphatic heterocycles. The Balaban J connectivity index is 1.97. The van der Waals surface area contributed by atoms with Gasteiger partial charge in [0.1, 0.15) is 5.69 Å². The summed E-state index contributed by atoms with van der Waals surface area (Å²) in [5, 5.41) is 9.60. The van der Waals surface area contributed by atoms with Crippen LogP contribution < -0.4 is 5.43 Å². The van der Waals surface area contributed by atoms with Crippen LogP contribution >= 0.6 is 27.3 Å². The average Bonchev–Trinajstić information content (AvgIpc) is 2.87. The lowest BCUT2D eigenvalue weighted by Gasteiger charge is -1.95. The lowest BCUT2D eigenvalue weighted by molar-refractivity contribution is 0.0949. The van der Waals surface area contributed by atoms with Crippen LogP contribution in [0.15, 0.2) is 27.9 Å². The molecule has 2 aromatic heterocycles. The Bertz CT molecular complexity index is 565. The Kier molecular flexibility index (Phi) is 3.64. The van der Waals surface area contributed by atoms with E-state index < -0.39 is 5.91 Å². The molecule has 0 aliphatic rings. The van der Waals surface area contributed by atoms with E-state index in [0.29, 0.717) is 9.35 Å². The Morgan fingerprint density at radius 2 is 2.47 bits per heavy atom. The fourth-order valence-electron chi connectivity index (χ4n) is 1.04. The number of rotatable bonds is 3. The summed E-state index contributed by atoms with van der Waals surface area (Å²) in [4.78, 5) is 12.1. The molecule has 2 N–H and O–H groups in total. The van der Waals surface area contributed by atoms with Gasteiger partial charge in [-0.25, -0.2) is 5.43 Å². The molecular formula is C9H6BrFN4OS. The molecule has 0 saturated heterocycles. The van der Waals surface area contributed by atoms with E-state index in [1.54, 1.807) is 6.07 Å². The van der Waals surface area contributed by atoms with E-state index in [2.05, 4.69) is 36.7 Å². The van der Waals surface area contributed by atoms with Crippen molar-refractivity contribution in [3.8, 4) is 0 Å². The molecule has 2 aromatic rings. The van der Waals surface area contributed by atoms with Crippen molar-refractivity contribution in [1.82, 2.24) is 15.6 Å². The van der Waals surface area contributed by atoms with Crippen molar-refractivity contribution in [2.75, 3.05) is 0 Å². The number of aromatic nitrogens is 2. The minimum absolute atomic E-state index is 0.277. The molecule has 0 unspecified atom stereocenters. The number of H-pyrrole nitrogens is 1. The fraction of sp³-hybridized carbons (Fsp3) is 0. The van der Waals surface area contributed by atoms with Crippen molar-refractivity contribution >= 4 is 39.4 Å². The van der Waals surface area contributed by atoms with Crippen LogP contribution in [-0.4, -0.2) is 22.3 Å². The molecule has 0 atom stereocenters. The number of hydrazone groups is 1. The zero-order valence-electron chi connectivity index (χ0n) is 8.28. The number of halogens is 2. The molecule has 0 aliphatic carbocycles. The summed E-state index contributed by atoms with van der Waals surface area (Å²) >= 11 is 4.10. The summed E-state index contributed by atoms with van der Waals surface area (Å²) in [6, 6.07) is 2.90. The highest BCUT2D eigenvalue weighted by molar-refractivity contribution is 9.10. The summed E-state index contributed by atoms with van der Waals surface area (Å²) in [6.45, 7) is 0. The minimum Gasteiger partial charge on any atom is -0.272 e. The predicted octanol–water partition coefficient (Wildman–Crippen LogP) is 2.14. The molecule has 0 aromatic carbocycles. The van der Waals surface area contributed by atoms with Gasteiger partial charge in [0.05, 0.1) is 21.8 Å². The number of nitrogens with zero attached hydrogens (tertiary/aromatic N) is 2. The first kappa shape index (κ1) is 11.9. The van der Waals surface area contributed by atoms with Crippen molar-refractivity contribution in [2.24, 2.45) is 5.10 Å². The van der Waals surface area contributed by atoms with E-state index in [0.717, 1.165) is 11.3 Å². The van der Waals surface area contributed by atoms with Crippen LogP contribution in [0.3, 0.4) is 0 Å². The second-order valence-corrected chi connectivity index (χ2v) is 4.85. The van der Waals surface area contributed by atoms with Gasteiger partial charge in [-0.1, -0.05) is 0 Å². The van der Waals surface area contributed by atoms with Crippen molar-refractivity contribution < 1.29 is 9.18 Å². The zero-order chi connectivity index (χ0) is 12.3. The third kappa shape index (κ3) is 2.98. The molecule has 0 fully saturated rings. The number of aromatic amines is 1.